The van der Waals surface area contributed by atoms with Gasteiger partial charge in [-0.15, -0.1) is 5.92 Å². The highest BCUT2D eigenvalue weighted by atomic mass is 16.5. The van der Waals surface area contributed by atoms with Crippen molar-refractivity contribution < 1.29 is 4.74 Å². The standard InChI is InChI=1S/C10H20N2O/c1-4-5-6-12-10(7-11)9(2)8-13-3/h9-10,12H,6-8,11H2,1-3H3. The van der Waals surface area contributed by atoms with Crippen LogP contribution in [0.25, 0.3) is 0 Å². The highest BCUT2D eigenvalue weighted by Crippen LogP contribution is 2.01. The van der Waals surface area contributed by atoms with E-state index in [4.69, 9.17) is 10.5 Å². The van der Waals surface area contributed by atoms with Gasteiger partial charge in [-0.05, 0) is 12.8 Å². The number of hydrogen-bond donors (Lipinski definition) is 2. The third kappa shape index (κ3) is 5.64. The van der Waals surface area contributed by atoms with Crippen molar-refractivity contribution in [3.05, 3.63) is 0 Å². The average Bonchev–Trinajstić information content (AvgIpc) is 2.13. The number of ether oxygens (including phenoxy) is 1. The topological polar surface area (TPSA) is 47.3 Å². The minimum Gasteiger partial charge on any atom is -0.384 e. The van der Waals surface area contributed by atoms with Crippen molar-refractivity contribution >= 4 is 0 Å². The van der Waals surface area contributed by atoms with E-state index in [-0.39, 0.29) is 0 Å². The summed E-state index contributed by atoms with van der Waals surface area (Å²) in [6.07, 6.45) is 0. The molecule has 0 aromatic carbocycles. The minimum atomic E-state index is 0.292. The van der Waals surface area contributed by atoms with Crippen LogP contribution in [0.1, 0.15) is 13.8 Å². The largest absolute Gasteiger partial charge is 0.384 e. The maximum Gasteiger partial charge on any atom is 0.0579 e. The van der Waals surface area contributed by atoms with Crippen LogP contribution in [0.5, 0.6) is 0 Å². The summed E-state index contributed by atoms with van der Waals surface area (Å²) in [7, 11) is 1.70. The molecule has 0 saturated carbocycles. The zero-order chi connectivity index (χ0) is 10.1. The molecule has 0 saturated heterocycles. The summed E-state index contributed by atoms with van der Waals surface area (Å²) >= 11 is 0. The van der Waals surface area contributed by atoms with E-state index < -0.39 is 0 Å². The summed E-state index contributed by atoms with van der Waals surface area (Å²) in [6, 6.07) is 0.292. The van der Waals surface area contributed by atoms with Crippen molar-refractivity contribution in [2.75, 3.05) is 26.8 Å². The van der Waals surface area contributed by atoms with Gasteiger partial charge in [-0.25, -0.2) is 0 Å². The van der Waals surface area contributed by atoms with E-state index in [0.29, 0.717) is 25.0 Å². The molecule has 3 heteroatoms. The Labute approximate surface area is 81.0 Å². The van der Waals surface area contributed by atoms with Gasteiger partial charge in [0.15, 0.2) is 0 Å². The second-order valence-electron chi connectivity index (χ2n) is 3.08. The van der Waals surface area contributed by atoms with Crippen LogP contribution in [-0.4, -0.2) is 32.8 Å². The Morgan fingerprint density at radius 1 is 1.54 bits per heavy atom. The Balaban J connectivity index is 3.77. The van der Waals surface area contributed by atoms with Crippen molar-refractivity contribution in [3.8, 4) is 11.8 Å². The monoisotopic (exact) mass is 184 g/mol. The fourth-order valence-corrected chi connectivity index (χ4v) is 1.17. The number of nitrogens with two attached hydrogens (primary N) is 1. The maximum atomic E-state index is 5.62. The Bertz CT molecular complexity index is 171. The zero-order valence-corrected chi connectivity index (χ0v) is 8.76. The molecule has 2 unspecified atom stereocenters. The van der Waals surface area contributed by atoms with E-state index >= 15 is 0 Å². The first kappa shape index (κ1) is 12.4. The molecule has 3 nitrogen and oxygen atoms in total. The Hall–Kier alpha value is -0.560. The number of hydrogen-bond acceptors (Lipinski definition) is 3. The third-order valence-corrected chi connectivity index (χ3v) is 2.00. The van der Waals surface area contributed by atoms with Crippen LogP contribution in [0.3, 0.4) is 0 Å². The highest BCUT2D eigenvalue weighted by Gasteiger charge is 2.13. The average molecular weight is 184 g/mol. The van der Waals surface area contributed by atoms with Crippen molar-refractivity contribution in [2.24, 2.45) is 11.7 Å². The van der Waals surface area contributed by atoms with Gasteiger partial charge in [0.25, 0.3) is 0 Å². The van der Waals surface area contributed by atoms with Crippen molar-refractivity contribution in [2.45, 2.75) is 19.9 Å². The van der Waals surface area contributed by atoms with E-state index in [1.807, 2.05) is 6.92 Å². The van der Waals surface area contributed by atoms with Gasteiger partial charge in [-0.3, -0.25) is 0 Å². The van der Waals surface area contributed by atoms with Crippen LogP contribution in [-0.2, 0) is 4.74 Å². The molecule has 76 valence electrons. The van der Waals surface area contributed by atoms with Crippen LogP contribution in [0, 0.1) is 17.8 Å². The fourth-order valence-electron chi connectivity index (χ4n) is 1.17. The van der Waals surface area contributed by atoms with Crippen LogP contribution >= 0.6 is 0 Å². The number of rotatable bonds is 6. The molecule has 0 bridgehead atoms. The fraction of sp³-hybridized carbons (Fsp3) is 0.800. The van der Waals surface area contributed by atoms with Crippen LogP contribution in [0.2, 0.25) is 0 Å². The van der Waals surface area contributed by atoms with E-state index in [0.717, 1.165) is 6.61 Å². The first-order chi connectivity index (χ1) is 6.26. The predicted octanol–water partition coefficient (Wildman–Crippen LogP) is 0.209. The van der Waals surface area contributed by atoms with Gasteiger partial charge in [0, 0.05) is 19.7 Å². The van der Waals surface area contributed by atoms with Crippen molar-refractivity contribution in [1.29, 1.82) is 0 Å². The maximum absolute atomic E-state index is 5.62. The Kier molecular flexibility index (Phi) is 7.71. The molecular formula is C10H20N2O. The summed E-state index contributed by atoms with van der Waals surface area (Å²) < 4.78 is 5.06. The lowest BCUT2D eigenvalue weighted by atomic mass is 10.0. The molecule has 13 heavy (non-hydrogen) atoms. The van der Waals surface area contributed by atoms with Crippen LogP contribution < -0.4 is 11.1 Å². The molecule has 0 aliphatic rings. The summed E-state index contributed by atoms with van der Waals surface area (Å²) in [5.41, 5.74) is 5.62. The van der Waals surface area contributed by atoms with Crippen molar-refractivity contribution in [3.63, 3.8) is 0 Å². The normalized spacial score (nSPS) is 14.5. The molecule has 0 aromatic heterocycles. The van der Waals surface area contributed by atoms with E-state index in [9.17, 15) is 0 Å². The van der Waals surface area contributed by atoms with E-state index in [1.165, 1.54) is 0 Å². The second-order valence-corrected chi connectivity index (χ2v) is 3.08. The Morgan fingerprint density at radius 3 is 2.69 bits per heavy atom. The van der Waals surface area contributed by atoms with Gasteiger partial charge in [0.2, 0.25) is 0 Å². The smallest absolute Gasteiger partial charge is 0.0579 e. The van der Waals surface area contributed by atoms with Crippen molar-refractivity contribution in [1.82, 2.24) is 5.32 Å². The summed E-state index contributed by atoms with van der Waals surface area (Å²) in [6.45, 7) is 6.00. The zero-order valence-electron chi connectivity index (χ0n) is 8.76. The van der Waals surface area contributed by atoms with Gasteiger partial charge in [0.05, 0.1) is 13.2 Å². The molecular weight excluding hydrogens is 164 g/mol. The molecule has 0 aromatic rings. The summed E-state index contributed by atoms with van der Waals surface area (Å²) in [5, 5.41) is 3.28. The lowest BCUT2D eigenvalue weighted by molar-refractivity contribution is 0.141. The Morgan fingerprint density at radius 2 is 2.23 bits per heavy atom. The third-order valence-electron chi connectivity index (χ3n) is 2.00. The molecule has 3 N–H and O–H groups in total. The lowest BCUT2D eigenvalue weighted by Crippen LogP contribution is -2.42. The minimum absolute atomic E-state index is 0.292. The van der Waals surface area contributed by atoms with Gasteiger partial charge in [0.1, 0.15) is 0 Å². The molecule has 0 rings (SSSR count). The predicted molar refractivity (Wildman–Crippen MR) is 55.3 cm³/mol. The molecule has 0 aliphatic carbocycles. The second kappa shape index (κ2) is 8.06. The van der Waals surface area contributed by atoms with Gasteiger partial charge in [-0.2, -0.15) is 0 Å². The quantitative estimate of drug-likeness (QED) is 0.580. The number of nitrogens with one attached hydrogen (secondary N) is 1. The highest BCUT2D eigenvalue weighted by molar-refractivity contribution is 4.98. The van der Waals surface area contributed by atoms with Gasteiger partial charge < -0.3 is 15.8 Å². The number of methoxy groups -OCH3 is 1. The molecule has 0 amide bonds. The molecule has 0 radical (unpaired) electrons. The summed E-state index contributed by atoms with van der Waals surface area (Å²) in [5.74, 6) is 6.21. The lowest BCUT2D eigenvalue weighted by Gasteiger charge is -2.22. The molecule has 0 fully saturated rings. The first-order valence-electron chi connectivity index (χ1n) is 4.58. The molecule has 2 atom stereocenters. The van der Waals surface area contributed by atoms with E-state index in [2.05, 4.69) is 24.1 Å². The van der Waals surface area contributed by atoms with Gasteiger partial charge >= 0.3 is 0 Å². The van der Waals surface area contributed by atoms with Crippen LogP contribution in [0.15, 0.2) is 0 Å². The van der Waals surface area contributed by atoms with E-state index in [1.54, 1.807) is 7.11 Å². The molecule has 0 aliphatic heterocycles. The molecule has 0 spiro atoms. The van der Waals surface area contributed by atoms with Gasteiger partial charge in [-0.1, -0.05) is 12.8 Å². The summed E-state index contributed by atoms with van der Waals surface area (Å²) in [4.78, 5) is 0. The SMILES string of the molecule is CC#CCNC(CN)C(C)COC. The first-order valence-corrected chi connectivity index (χ1v) is 4.58. The van der Waals surface area contributed by atoms with Crippen LogP contribution in [0.4, 0.5) is 0 Å². The molecule has 0 heterocycles.